The fourth-order valence-corrected chi connectivity index (χ4v) is 5.29. The summed E-state index contributed by atoms with van der Waals surface area (Å²) in [4.78, 5) is 21.8. The van der Waals surface area contributed by atoms with Crippen LogP contribution in [-0.4, -0.2) is 43.0 Å². The number of halogens is 2. The van der Waals surface area contributed by atoms with Gasteiger partial charge in [-0.1, -0.05) is 40.6 Å². The first-order valence-electron chi connectivity index (χ1n) is 8.56. The molecule has 0 aliphatic heterocycles. The monoisotopic (exact) mass is 441 g/mol. The van der Waals surface area contributed by atoms with Crippen LogP contribution in [0.2, 0.25) is 8.67 Å². The lowest BCUT2D eigenvalue weighted by molar-refractivity contribution is 0.0986. The van der Waals surface area contributed by atoms with Gasteiger partial charge < -0.3 is 4.90 Å². The van der Waals surface area contributed by atoms with Crippen molar-refractivity contribution in [3.05, 3.63) is 43.6 Å². The molecular formula is C19H21Cl2N3OS2. The summed E-state index contributed by atoms with van der Waals surface area (Å²) in [5.41, 5.74) is 3.73. The Morgan fingerprint density at radius 2 is 1.89 bits per heavy atom. The van der Waals surface area contributed by atoms with E-state index in [1.54, 1.807) is 11.0 Å². The number of hydrogen-bond donors (Lipinski definition) is 0. The lowest BCUT2D eigenvalue weighted by Crippen LogP contribution is -2.33. The highest BCUT2D eigenvalue weighted by atomic mass is 35.5. The molecule has 0 saturated heterocycles. The number of thiazole rings is 1. The number of thiophene rings is 1. The molecule has 0 atom stereocenters. The number of fused-ring (bicyclic) bond motifs is 1. The molecule has 4 nitrogen and oxygen atoms in total. The first-order valence-corrected chi connectivity index (χ1v) is 10.9. The van der Waals surface area contributed by atoms with Crippen molar-refractivity contribution in [3.63, 3.8) is 0 Å². The van der Waals surface area contributed by atoms with Crippen molar-refractivity contribution < 1.29 is 4.79 Å². The minimum Gasteiger partial charge on any atom is -0.309 e. The number of benzene rings is 1. The van der Waals surface area contributed by atoms with Crippen LogP contribution in [0.15, 0.2) is 18.2 Å². The standard InChI is InChI=1S/C19H21Cl2N3OS2/c1-11-6-7-14-16(12(11)2)22-19(26-14)24(9-5-8-23(3)4)18(25)13-10-15(20)27-17(13)21/h6-7,10H,5,8-9H2,1-4H3. The molecule has 0 spiro atoms. The Labute approximate surface area is 177 Å². The normalized spacial score (nSPS) is 11.5. The maximum atomic E-state index is 13.2. The Morgan fingerprint density at radius 1 is 1.15 bits per heavy atom. The molecule has 3 rings (SSSR count). The molecule has 1 amide bonds. The van der Waals surface area contributed by atoms with E-state index < -0.39 is 0 Å². The second kappa shape index (κ2) is 8.45. The highest BCUT2D eigenvalue weighted by molar-refractivity contribution is 7.22. The van der Waals surface area contributed by atoms with Gasteiger partial charge in [0, 0.05) is 6.54 Å². The number of aryl methyl sites for hydroxylation is 2. The minimum atomic E-state index is -0.157. The molecule has 0 radical (unpaired) electrons. The molecule has 27 heavy (non-hydrogen) atoms. The zero-order valence-electron chi connectivity index (χ0n) is 15.7. The Balaban J connectivity index is 2.00. The van der Waals surface area contributed by atoms with Crippen LogP contribution in [0.25, 0.3) is 10.2 Å². The van der Waals surface area contributed by atoms with Gasteiger partial charge in [0.25, 0.3) is 5.91 Å². The highest BCUT2D eigenvalue weighted by Gasteiger charge is 2.25. The van der Waals surface area contributed by atoms with Crippen LogP contribution >= 0.6 is 45.9 Å². The summed E-state index contributed by atoms with van der Waals surface area (Å²) in [5, 5.41) is 0.695. The lowest BCUT2D eigenvalue weighted by Gasteiger charge is -2.20. The van der Waals surface area contributed by atoms with E-state index in [1.807, 2.05) is 14.1 Å². The largest absolute Gasteiger partial charge is 0.309 e. The molecular weight excluding hydrogens is 421 g/mol. The molecule has 0 N–H and O–H groups in total. The number of aromatic nitrogens is 1. The van der Waals surface area contributed by atoms with Crippen molar-refractivity contribution in [1.82, 2.24) is 9.88 Å². The minimum absolute atomic E-state index is 0.157. The van der Waals surface area contributed by atoms with Crippen molar-refractivity contribution in [3.8, 4) is 0 Å². The first-order chi connectivity index (χ1) is 12.8. The molecule has 8 heteroatoms. The van der Waals surface area contributed by atoms with Gasteiger partial charge >= 0.3 is 0 Å². The fourth-order valence-electron chi connectivity index (χ4n) is 2.79. The Bertz CT molecular complexity index is 981. The average Bonchev–Trinajstić information content (AvgIpc) is 3.17. The van der Waals surface area contributed by atoms with Crippen molar-refractivity contribution >= 4 is 67.1 Å². The molecule has 0 aliphatic carbocycles. The van der Waals surface area contributed by atoms with Gasteiger partial charge in [-0.05, 0) is 64.2 Å². The molecule has 0 saturated carbocycles. The number of amides is 1. The quantitative estimate of drug-likeness (QED) is 0.478. The predicted octanol–water partition coefficient (Wildman–Crippen LogP) is 5.88. The highest BCUT2D eigenvalue weighted by Crippen LogP contribution is 2.36. The van der Waals surface area contributed by atoms with Gasteiger partial charge in [0.15, 0.2) is 5.13 Å². The number of nitrogens with zero attached hydrogens (tertiary/aromatic N) is 3. The van der Waals surface area contributed by atoms with E-state index in [-0.39, 0.29) is 5.91 Å². The number of anilines is 1. The number of rotatable bonds is 6. The van der Waals surface area contributed by atoms with E-state index in [1.165, 1.54) is 28.2 Å². The summed E-state index contributed by atoms with van der Waals surface area (Å²) in [6.45, 7) is 5.58. The SMILES string of the molecule is Cc1ccc2sc(N(CCCN(C)C)C(=O)c3cc(Cl)sc3Cl)nc2c1C. The van der Waals surface area contributed by atoms with Crippen LogP contribution in [-0.2, 0) is 0 Å². The van der Waals surface area contributed by atoms with Crippen LogP contribution < -0.4 is 4.90 Å². The van der Waals surface area contributed by atoms with Crippen molar-refractivity contribution in [2.75, 3.05) is 32.1 Å². The molecule has 0 bridgehead atoms. The Morgan fingerprint density at radius 3 is 2.52 bits per heavy atom. The van der Waals surface area contributed by atoms with E-state index in [9.17, 15) is 4.79 Å². The Kier molecular flexibility index (Phi) is 6.43. The van der Waals surface area contributed by atoms with E-state index >= 15 is 0 Å². The maximum Gasteiger partial charge on any atom is 0.262 e. The molecule has 0 unspecified atom stereocenters. The lowest BCUT2D eigenvalue weighted by atomic mass is 10.1. The maximum absolute atomic E-state index is 13.2. The molecule has 3 aromatic rings. The van der Waals surface area contributed by atoms with E-state index in [0.29, 0.717) is 25.9 Å². The van der Waals surface area contributed by atoms with Gasteiger partial charge in [-0.25, -0.2) is 4.98 Å². The summed E-state index contributed by atoms with van der Waals surface area (Å²) in [6.07, 6.45) is 0.835. The molecule has 144 valence electrons. The second-order valence-corrected chi connectivity index (χ2v) is 10.00. The number of carbonyl (C=O) groups is 1. The molecule has 2 heterocycles. The summed E-state index contributed by atoms with van der Waals surface area (Å²) in [7, 11) is 4.04. The summed E-state index contributed by atoms with van der Waals surface area (Å²) in [5.74, 6) is -0.157. The van der Waals surface area contributed by atoms with Crippen molar-refractivity contribution in [2.45, 2.75) is 20.3 Å². The van der Waals surface area contributed by atoms with Crippen LogP contribution in [0.3, 0.4) is 0 Å². The van der Waals surface area contributed by atoms with E-state index in [0.717, 1.165) is 28.7 Å². The summed E-state index contributed by atoms with van der Waals surface area (Å²) < 4.78 is 2.00. The van der Waals surface area contributed by atoms with Gasteiger partial charge in [0.2, 0.25) is 0 Å². The second-order valence-electron chi connectivity index (χ2n) is 6.70. The predicted molar refractivity (Wildman–Crippen MR) is 118 cm³/mol. The molecule has 2 aromatic heterocycles. The van der Waals surface area contributed by atoms with Gasteiger partial charge in [-0.15, -0.1) is 11.3 Å². The Hall–Kier alpha value is -1.18. The zero-order chi connectivity index (χ0) is 19.7. The van der Waals surface area contributed by atoms with Gasteiger partial charge in [-0.3, -0.25) is 9.69 Å². The summed E-state index contributed by atoms with van der Waals surface area (Å²) >= 11 is 15.0. The first kappa shape index (κ1) is 20.6. The third-order valence-corrected chi connectivity index (χ3v) is 6.95. The topological polar surface area (TPSA) is 36.4 Å². The zero-order valence-corrected chi connectivity index (χ0v) is 18.8. The van der Waals surface area contributed by atoms with Crippen LogP contribution in [0, 0.1) is 13.8 Å². The third kappa shape index (κ3) is 4.46. The molecule has 0 aliphatic rings. The fraction of sp³-hybridized carbons (Fsp3) is 0.368. The van der Waals surface area contributed by atoms with E-state index in [4.69, 9.17) is 28.2 Å². The number of hydrogen-bond acceptors (Lipinski definition) is 5. The molecule has 0 fully saturated rings. The number of carbonyl (C=O) groups excluding carboxylic acids is 1. The van der Waals surface area contributed by atoms with Crippen LogP contribution in [0.5, 0.6) is 0 Å². The summed E-state index contributed by atoms with van der Waals surface area (Å²) in [6, 6.07) is 5.79. The van der Waals surface area contributed by atoms with Gasteiger partial charge in [0.1, 0.15) is 4.34 Å². The van der Waals surface area contributed by atoms with Crippen molar-refractivity contribution in [2.24, 2.45) is 0 Å². The van der Waals surface area contributed by atoms with Crippen LogP contribution in [0.4, 0.5) is 5.13 Å². The molecule has 1 aromatic carbocycles. The average molecular weight is 442 g/mol. The third-order valence-electron chi connectivity index (χ3n) is 4.42. The van der Waals surface area contributed by atoms with Gasteiger partial charge in [0.05, 0.1) is 20.1 Å². The van der Waals surface area contributed by atoms with E-state index in [2.05, 4.69) is 30.9 Å². The van der Waals surface area contributed by atoms with Gasteiger partial charge in [-0.2, -0.15) is 0 Å². The van der Waals surface area contributed by atoms with Crippen LogP contribution in [0.1, 0.15) is 27.9 Å². The van der Waals surface area contributed by atoms with Crippen molar-refractivity contribution in [1.29, 1.82) is 0 Å². The smallest absolute Gasteiger partial charge is 0.262 e.